The molecule has 21 heavy (non-hydrogen) atoms. The second-order valence-electron chi connectivity index (χ2n) is 5.49. The third-order valence-electron chi connectivity index (χ3n) is 4.84. The van der Waals surface area contributed by atoms with Crippen LogP contribution in [0.5, 0.6) is 5.75 Å². The average Bonchev–Trinajstić information content (AvgIpc) is 2.45. The minimum atomic E-state index is -0.395. The Balaban J connectivity index is 2.25. The lowest BCUT2D eigenvalue weighted by molar-refractivity contribution is -0.386. The SMILES string of the molecule is CCC1(CC)C(NC)CC1Oc1ccc(Br)cc1[N+](=O)[O-]. The molecule has 0 heterocycles. The number of benzene rings is 1. The molecule has 0 aliphatic heterocycles. The van der Waals surface area contributed by atoms with E-state index in [0.29, 0.717) is 16.3 Å². The zero-order valence-electron chi connectivity index (χ0n) is 12.6. The summed E-state index contributed by atoms with van der Waals surface area (Å²) in [5.41, 5.74) is 0.0637. The van der Waals surface area contributed by atoms with Crippen LogP contribution in [0.2, 0.25) is 0 Å². The maximum absolute atomic E-state index is 11.2. The molecular formula is C15H21BrN2O3. The molecule has 1 aliphatic rings. The summed E-state index contributed by atoms with van der Waals surface area (Å²) in [7, 11) is 1.96. The molecule has 1 aliphatic carbocycles. The van der Waals surface area contributed by atoms with Crippen LogP contribution in [0, 0.1) is 15.5 Å². The molecule has 1 aromatic carbocycles. The van der Waals surface area contributed by atoms with E-state index in [2.05, 4.69) is 35.1 Å². The molecule has 0 amide bonds. The molecule has 0 spiro atoms. The lowest BCUT2D eigenvalue weighted by Crippen LogP contribution is -2.63. The van der Waals surface area contributed by atoms with Crippen LogP contribution >= 0.6 is 15.9 Å². The van der Waals surface area contributed by atoms with Gasteiger partial charge < -0.3 is 10.1 Å². The van der Waals surface area contributed by atoms with Gasteiger partial charge in [0.25, 0.3) is 0 Å². The lowest BCUT2D eigenvalue weighted by Gasteiger charge is -2.55. The zero-order chi connectivity index (χ0) is 15.6. The van der Waals surface area contributed by atoms with E-state index in [1.165, 1.54) is 6.07 Å². The first-order valence-electron chi connectivity index (χ1n) is 7.26. The van der Waals surface area contributed by atoms with Crippen molar-refractivity contribution in [1.29, 1.82) is 0 Å². The molecule has 116 valence electrons. The summed E-state index contributed by atoms with van der Waals surface area (Å²) in [6.45, 7) is 4.30. The maximum atomic E-state index is 11.2. The van der Waals surface area contributed by atoms with Gasteiger partial charge in [-0.2, -0.15) is 0 Å². The molecular weight excluding hydrogens is 336 g/mol. The molecule has 1 aromatic rings. The van der Waals surface area contributed by atoms with Crippen molar-refractivity contribution in [2.24, 2.45) is 5.41 Å². The molecule has 2 rings (SSSR count). The minimum absolute atomic E-state index is 0.0124. The van der Waals surface area contributed by atoms with Gasteiger partial charge in [0.05, 0.1) is 4.92 Å². The van der Waals surface area contributed by atoms with Gasteiger partial charge in [-0.3, -0.25) is 10.1 Å². The highest BCUT2D eigenvalue weighted by Crippen LogP contribution is 2.49. The summed E-state index contributed by atoms with van der Waals surface area (Å²) in [6, 6.07) is 5.34. The number of nitrogens with one attached hydrogen (secondary N) is 1. The number of rotatable bonds is 6. The molecule has 0 aromatic heterocycles. The van der Waals surface area contributed by atoms with Gasteiger partial charge >= 0.3 is 5.69 Å². The van der Waals surface area contributed by atoms with Gasteiger partial charge in [0.2, 0.25) is 0 Å². The first-order chi connectivity index (χ1) is 9.98. The van der Waals surface area contributed by atoms with E-state index in [0.717, 1.165) is 19.3 Å². The van der Waals surface area contributed by atoms with Crippen LogP contribution in [0.4, 0.5) is 5.69 Å². The van der Waals surface area contributed by atoms with Crippen LogP contribution in [-0.2, 0) is 0 Å². The molecule has 2 unspecified atom stereocenters. The third kappa shape index (κ3) is 2.79. The Labute approximate surface area is 133 Å². The molecule has 0 saturated heterocycles. The number of ether oxygens (including phenoxy) is 1. The Bertz CT molecular complexity index is 532. The van der Waals surface area contributed by atoms with Crippen molar-refractivity contribution in [1.82, 2.24) is 5.32 Å². The highest BCUT2D eigenvalue weighted by molar-refractivity contribution is 9.10. The smallest absolute Gasteiger partial charge is 0.312 e. The zero-order valence-corrected chi connectivity index (χ0v) is 14.1. The van der Waals surface area contributed by atoms with E-state index in [1.54, 1.807) is 12.1 Å². The lowest BCUT2D eigenvalue weighted by atomic mass is 9.58. The van der Waals surface area contributed by atoms with Crippen molar-refractivity contribution in [3.63, 3.8) is 0 Å². The summed E-state index contributed by atoms with van der Waals surface area (Å²) in [4.78, 5) is 10.8. The molecule has 1 N–H and O–H groups in total. The van der Waals surface area contributed by atoms with Crippen molar-refractivity contribution in [3.8, 4) is 5.75 Å². The predicted molar refractivity (Wildman–Crippen MR) is 85.7 cm³/mol. The second kappa shape index (κ2) is 6.32. The van der Waals surface area contributed by atoms with Crippen molar-refractivity contribution in [2.75, 3.05) is 7.05 Å². The van der Waals surface area contributed by atoms with E-state index in [-0.39, 0.29) is 17.2 Å². The molecule has 1 fully saturated rings. The van der Waals surface area contributed by atoms with E-state index < -0.39 is 4.92 Å². The van der Waals surface area contributed by atoms with E-state index in [4.69, 9.17) is 4.74 Å². The Morgan fingerprint density at radius 3 is 2.67 bits per heavy atom. The monoisotopic (exact) mass is 356 g/mol. The first kappa shape index (κ1) is 16.2. The standard InChI is InChI=1S/C15H21BrN2O3/c1-4-15(5-2)13(17-3)9-14(15)21-12-7-6-10(16)8-11(12)18(19)20/h6-8,13-14,17H,4-5,9H2,1-3H3. The number of halogens is 1. The van der Waals surface area contributed by atoms with Crippen molar-refractivity contribution in [3.05, 3.63) is 32.8 Å². The third-order valence-corrected chi connectivity index (χ3v) is 5.33. The molecule has 5 nitrogen and oxygen atoms in total. The van der Waals surface area contributed by atoms with Crippen LogP contribution in [0.3, 0.4) is 0 Å². The highest BCUT2D eigenvalue weighted by Gasteiger charge is 2.54. The van der Waals surface area contributed by atoms with Gasteiger partial charge in [-0.25, -0.2) is 0 Å². The number of nitro benzene ring substituents is 1. The average molecular weight is 357 g/mol. The normalized spacial score (nSPS) is 23.4. The fraction of sp³-hybridized carbons (Fsp3) is 0.600. The van der Waals surface area contributed by atoms with Crippen molar-refractivity contribution < 1.29 is 9.66 Å². The largest absolute Gasteiger partial charge is 0.483 e. The van der Waals surface area contributed by atoms with Crippen molar-refractivity contribution in [2.45, 2.75) is 45.3 Å². The van der Waals surface area contributed by atoms with E-state index in [9.17, 15) is 10.1 Å². The Hall–Kier alpha value is -1.14. The predicted octanol–water partition coefficient (Wildman–Crippen LogP) is 3.90. The molecule has 1 saturated carbocycles. The Morgan fingerprint density at radius 2 is 2.14 bits per heavy atom. The topological polar surface area (TPSA) is 64.4 Å². The minimum Gasteiger partial charge on any atom is -0.483 e. The molecule has 0 radical (unpaired) electrons. The molecule has 2 atom stereocenters. The maximum Gasteiger partial charge on any atom is 0.312 e. The number of hydrogen-bond donors (Lipinski definition) is 1. The van der Waals surface area contributed by atoms with Crippen LogP contribution in [-0.4, -0.2) is 24.1 Å². The summed E-state index contributed by atoms with van der Waals surface area (Å²) in [5, 5.41) is 14.5. The van der Waals surface area contributed by atoms with E-state index in [1.807, 2.05) is 7.05 Å². The fourth-order valence-corrected chi connectivity index (χ4v) is 3.75. The summed E-state index contributed by atoms with van der Waals surface area (Å²) < 4.78 is 6.71. The molecule has 0 bridgehead atoms. The van der Waals surface area contributed by atoms with Gasteiger partial charge in [-0.15, -0.1) is 0 Å². The summed E-state index contributed by atoms with van der Waals surface area (Å²) in [5.74, 6) is 0.356. The second-order valence-corrected chi connectivity index (χ2v) is 6.41. The number of hydrogen-bond acceptors (Lipinski definition) is 4. The van der Waals surface area contributed by atoms with E-state index >= 15 is 0 Å². The van der Waals surface area contributed by atoms with Crippen LogP contribution < -0.4 is 10.1 Å². The van der Waals surface area contributed by atoms with Crippen LogP contribution in [0.25, 0.3) is 0 Å². The summed E-state index contributed by atoms with van der Waals surface area (Å²) in [6.07, 6.45) is 2.88. The summed E-state index contributed by atoms with van der Waals surface area (Å²) >= 11 is 3.26. The fourth-order valence-electron chi connectivity index (χ4n) is 3.40. The Morgan fingerprint density at radius 1 is 1.48 bits per heavy atom. The number of nitrogens with zero attached hydrogens (tertiary/aromatic N) is 1. The van der Waals surface area contributed by atoms with Crippen molar-refractivity contribution >= 4 is 21.6 Å². The van der Waals surface area contributed by atoms with Gasteiger partial charge in [-0.1, -0.05) is 29.8 Å². The van der Waals surface area contributed by atoms with Gasteiger partial charge in [0, 0.05) is 28.4 Å². The number of nitro groups is 1. The first-order valence-corrected chi connectivity index (χ1v) is 8.05. The Kier molecular flexibility index (Phi) is 4.88. The van der Waals surface area contributed by atoms with Crippen LogP contribution in [0.1, 0.15) is 33.1 Å². The highest BCUT2D eigenvalue weighted by atomic mass is 79.9. The van der Waals surface area contributed by atoms with Gasteiger partial charge in [0.1, 0.15) is 6.10 Å². The molecule has 6 heteroatoms. The quantitative estimate of drug-likeness (QED) is 0.619. The van der Waals surface area contributed by atoms with Crippen LogP contribution in [0.15, 0.2) is 22.7 Å². The van der Waals surface area contributed by atoms with Gasteiger partial charge in [-0.05, 0) is 32.0 Å². The van der Waals surface area contributed by atoms with Gasteiger partial charge in [0.15, 0.2) is 5.75 Å².